The molecule has 0 spiro atoms. The molecule has 8 heteroatoms. The van der Waals surface area contributed by atoms with Gasteiger partial charge in [0.2, 0.25) is 6.10 Å². The summed E-state index contributed by atoms with van der Waals surface area (Å²) < 4.78 is 41.2. The lowest BCUT2D eigenvalue weighted by Crippen LogP contribution is -2.42. The third kappa shape index (κ3) is 4.11. The van der Waals surface area contributed by atoms with Crippen LogP contribution in [0.25, 0.3) is 10.8 Å². The zero-order chi connectivity index (χ0) is 20.2. The second-order valence-corrected chi connectivity index (χ2v) is 6.18. The second kappa shape index (κ2) is 8.14. The van der Waals surface area contributed by atoms with Crippen LogP contribution in [-0.4, -0.2) is 31.4 Å². The van der Waals surface area contributed by atoms with Crippen molar-refractivity contribution in [2.24, 2.45) is 5.10 Å². The van der Waals surface area contributed by atoms with Gasteiger partial charge in [-0.1, -0.05) is 42.5 Å². The number of nitrogens with one attached hydrogen (secondary N) is 1. The number of halogens is 2. The van der Waals surface area contributed by atoms with E-state index in [0.29, 0.717) is 22.4 Å². The smallest absolute Gasteiger partial charge is 0.387 e. The Morgan fingerprint density at radius 2 is 1.86 bits per heavy atom. The molecule has 1 aliphatic heterocycles. The number of nitrogens with zero attached hydrogens (tertiary/aromatic N) is 1. The summed E-state index contributed by atoms with van der Waals surface area (Å²) in [7, 11) is 0. The van der Waals surface area contributed by atoms with Crippen LogP contribution in [0.2, 0.25) is 0 Å². The van der Waals surface area contributed by atoms with Crippen LogP contribution in [0.5, 0.6) is 17.2 Å². The van der Waals surface area contributed by atoms with E-state index in [-0.39, 0.29) is 12.4 Å². The number of rotatable bonds is 5. The molecule has 0 aromatic heterocycles. The highest BCUT2D eigenvalue weighted by molar-refractivity contribution is 6.02. The van der Waals surface area contributed by atoms with Gasteiger partial charge in [-0.3, -0.25) is 4.79 Å². The van der Waals surface area contributed by atoms with Gasteiger partial charge < -0.3 is 14.2 Å². The molecule has 0 fully saturated rings. The van der Waals surface area contributed by atoms with Gasteiger partial charge in [-0.25, -0.2) is 5.43 Å². The van der Waals surface area contributed by atoms with Gasteiger partial charge >= 0.3 is 6.61 Å². The summed E-state index contributed by atoms with van der Waals surface area (Å²) in [6.07, 6.45) is 0.390. The molecule has 0 saturated heterocycles. The van der Waals surface area contributed by atoms with E-state index < -0.39 is 18.6 Å². The molecule has 4 rings (SSSR count). The number of ether oxygens (including phenoxy) is 3. The number of para-hydroxylation sites is 2. The van der Waals surface area contributed by atoms with Gasteiger partial charge in [-0.05, 0) is 29.0 Å². The van der Waals surface area contributed by atoms with Crippen LogP contribution in [0.1, 0.15) is 5.56 Å². The number of alkyl halides is 2. The van der Waals surface area contributed by atoms with Gasteiger partial charge in [0, 0.05) is 5.56 Å². The van der Waals surface area contributed by atoms with Gasteiger partial charge in [-0.2, -0.15) is 13.9 Å². The molecule has 0 unspecified atom stereocenters. The van der Waals surface area contributed by atoms with E-state index in [0.717, 1.165) is 5.39 Å². The van der Waals surface area contributed by atoms with Crippen LogP contribution in [0.15, 0.2) is 65.8 Å². The van der Waals surface area contributed by atoms with E-state index in [1.165, 1.54) is 12.3 Å². The zero-order valence-corrected chi connectivity index (χ0v) is 15.0. The molecule has 148 valence electrons. The third-order valence-electron chi connectivity index (χ3n) is 4.32. The van der Waals surface area contributed by atoms with Crippen molar-refractivity contribution in [2.45, 2.75) is 12.7 Å². The fourth-order valence-electron chi connectivity index (χ4n) is 2.99. The van der Waals surface area contributed by atoms with Crippen molar-refractivity contribution in [3.05, 3.63) is 66.2 Å². The predicted octanol–water partition coefficient (Wildman–Crippen LogP) is 3.73. The highest BCUT2D eigenvalue weighted by Crippen LogP contribution is 2.31. The van der Waals surface area contributed by atoms with Crippen LogP contribution < -0.4 is 19.6 Å². The highest BCUT2D eigenvalue weighted by Gasteiger charge is 2.27. The van der Waals surface area contributed by atoms with Crippen molar-refractivity contribution in [1.29, 1.82) is 0 Å². The van der Waals surface area contributed by atoms with Crippen LogP contribution in [0, 0.1) is 0 Å². The molecule has 0 aliphatic carbocycles. The Balaban J connectivity index is 1.52. The molecule has 0 bridgehead atoms. The Morgan fingerprint density at radius 3 is 2.69 bits per heavy atom. The molecule has 0 radical (unpaired) electrons. The van der Waals surface area contributed by atoms with Crippen molar-refractivity contribution in [3.63, 3.8) is 0 Å². The molecule has 0 saturated carbocycles. The average molecular weight is 398 g/mol. The van der Waals surface area contributed by atoms with Gasteiger partial charge in [-0.15, -0.1) is 0 Å². The van der Waals surface area contributed by atoms with E-state index in [4.69, 9.17) is 9.47 Å². The summed E-state index contributed by atoms with van der Waals surface area (Å²) in [5.41, 5.74) is 2.69. The summed E-state index contributed by atoms with van der Waals surface area (Å²) in [6, 6.07) is 17.3. The van der Waals surface area contributed by atoms with Crippen LogP contribution >= 0.6 is 0 Å². The van der Waals surface area contributed by atoms with E-state index in [2.05, 4.69) is 15.3 Å². The topological polar surface area (TPSA) is 69.2 Å². The maximum atomic E-state index is 12.7. The Labute approximate surface area is 164 Å². The minimum Gasteiger partial charge on any atom is -0.485 e. The lowest BCUT2D eigenvalue weighted by molar-refractivity contribution is -0.130. The third-order valence-corrected chi connectivity index (χ3v) is 4.32. The lowest BCUT2D eigenvalue weighted by atomic mass is 10.0. The number of carbonyl (C=O) groups excluding carboxylic acids is 1. The van der Waals surface area contributed by atoms with Gasteiger partial charge in [0.1, 0.15) is 12.4 Å². The highest BCUT2D eigenvalue weighted by atomic mass is 19.3. The second-order valence-electron chi connectivity index (χ2n) is 6.18. The van der Waals surface area contributed by atoms with Crippen LogP contribution in [0.4, 0.5) is 8.78 Å². The summed E-state index contributed by atoms with van der Waals surface area (Å²) in [6.45, 7) is -2.95. The molecule has 6 nitrogen and oxygen atoms in total. The monoisotopic (exact) mass is 398 g/mol. The molecular formula is C21H16F2N2O4. The van der Waals surface area contributed by atoms with Crippen molar-refractivity contribution in [3.8, 4) is 17.2 Å². The van der Waals surface area contributed by atoms with Gasteiger partial charge in [0.15, 0.2) is 11.5 Å². The fraction of sp³-hybridized carbons (Fsp3) is 0.143. The summed E-state index contributed by atoms with van der Waals surface area (Å²) in [5, 5.41) is 5.39. The van der Waals surface area contributed by atoms with E-state index in [1.54, 1.807) is 42.5 Å². The number of carbonyl (C=O) groups is 1. The molecule has 29 heavy (non-hydrogen) atoms. The Hall–Kier alpha value is -3.68. The Kier molecular flexibility index (Phi) is 5.24. The Bertz CT molecular complexity index is 1070. The molecule has 1 amide bonds. The van der Waals surface area contributed by atoms with Gasteiger partial charge in [0.05, 0.1) is 6.21 Å². The molecule has 3 aromatic rings. The average Bonchev–Trinajstić information content (AvgIpc) is 2.74. The minimum absolute atomic E-state index is 0.0341. The first kappa shape index (κ1) is 18.7. The maximum absolute atomic E-state index is 12.7. The minimum atomic E-state index is -2.98. The summed E-state index contributed by atoms with van der Waals surface area (Å²) >= 11 is 0. The van der Waals surface area contributed by atoms with Crippen LogP contribution in [-0.2, 0) is 4.79 Å². The fourth-order valence-corrected chi connectivity index (χ4v) is 2.99. The number of hydrogen-bond acceptors (Lipinski definition) is 5. The summed E-state index contributed by atoms with van der Waals surface area (Å²) in [4.78, 5) is 12.3. The van der Waals surface area contributed by atoms with Crippen molar-refractivity contribution < 1.29 is 27.8 Å². The van der Waals surface area contributed by atoms with E-state index in [1.807, 2.05) is 12.1 Å². The first-order valence-electron chi connectivity index (χ1n) is 8.80. The van der Waals surface area contributed by atoms with Crippen molar-refractivity contribution in [1.82, 2.24) is 5.43 Å². The number of hydrazone groups is 1. The Morgan fingerprint density at radius 1 is 1.10 bits per heavy atom. The molecule has 1 N–H and O–H groups in total. The van der Waals surface area contributed by atoms with Crippen molar-refractivity contribution >= 4 is 22.9 Å². The van der Waals surface area contributed by atoms with E-state index >= 15 is 0 Å². The quantitative estimate of drug-likeness (QED) is 0.525. The first-order valence-corrected chi connectivity index (χ1v) is 8.80. The van der Waals surface area contributed by atoms with Crippen LogP contribution in [0.3, 0.4) is 0 Å². The SMILES string of the molecule is O=C(N/N=C\c1c(OC(F)F)ccc2ccccc12)[C@H]1COc2ccccc2O1. The molecule has 1 aliphatic rings. The standard InChI is InChI=1S/C21H16F2N2O4/c22-21(23)29-16-10-9-13-5-1-2-6-14(13)15(16)11-24-25-20(26)19-12-27-17-7-3-4-8-18(17)28-19/h1-11,19,21H,12H2,(H,25,26)/b24-11-/t19-/m1/s1. The van der Waals surface area contributed by atoms with Crippen molar-refractivity contribution in [2.75, 3.05) is 6.61 Å². The van der Waals surface area contributed by atoms with E-state index in [9.17, 15) is 13.6 Å². The summed E-state index contributed by atoms with van der Waals surface area (Å²) in [5.74, 6) is 0.462. The maximum Gasteiger partial charge on any atom is 0.387 e. The zero-order valence-electron chi connectivity index (χ0n) is 15.0. The largest absolute Gasteiger partial charge is 0.485 e. The predicted molar refractivity (Wildman–Crippen MR) is 103 cm³/mol. The van der Waals surface area contributed by atoms with Gasteiger partial charge in [0.25, 0.3) is 5.91 Å². The number of amides is 1. The number of hydrogen-bond donors (Lipinski definition) is 1. The molecule has 3 aromatic carbocycles. The normalized spacial score (nSPS) is 15.6. The first-order chi connectivity index (χ1) is 14.1. The molecule has 1 atom stereocenters. The number of benzene rings is 3. The molecule has 1 heterocycles. The molecular weight excluding hydrogens is 382 g/mol. The lowest BCUT2D eigenvalue weighted by Gasteiger charge is -2.24. The number of fused-ring (bicyclic) bond motifs is 2.